The molecule has 0 aromatic carbocycles. The van der Waals surface area contributed by atoms with Crippen molar-refractivity contribution in [3.63, 3.8) is 0 Å². The van der Waals surface area contributed by atoms with Gasteiger partial charge in [-0.3, -0.25) is 0 Å². The van der Waals surface area contributed by atoms with Crippen LogP contribution in [0.1, 0.15) is 78.1 Å². The van der Waals surface area contributed by atoms with Gasteiger partial charge in [-0.1, -0.05) is 46.0 Å². The van der Waals surface area contributed by atoms with Gasteiger partial charge in [-0.25, -0.2) is 0 Å². The molecule has 1 saturated heterocycles. The van der Waals surface area contributed by atoms with Crippen molar-refractivity contribution < 1.29 is 0 Å². The van der Waals surface area contributed by atoms with Crippen LogP contribution < -0.4 is 5.32 Å². The Labute approximate surface area is 133 Å². The lowest BCUT2D eigenvalue weighted by Gasteiger charge is -2.40. The van der Waals surface area contributed by atoms with Crippen LogP contribution in [0.4, 0.5) is 0 Å². The predicted molar refractivity (Wildman–Crippen MR) is 92.7 cm³/mol. The minimum atomic E-state index is 0.786. The molecule has 1 aliphatic heterocycles. The molecule has 0 bridgehead atoms. The van der Waals surface area contributed by atoms with E-state index in [1.54, 1.807) is 0 Å². The van der Waals surface area contributed by atoms with Crippen LogP contribution in [0.3, 0.4) is 0 Å². The maximum absolute atomic E-state index is 3.79. The van der Waals surface area contributed by atoms with Gasteiger partial charge in [-0.2, -0.15) is 0 Å². The van der Waals surface area contributed by atoms with E-state index in [-0.39, 0.29) is 0 Å². The zero-order chi connectivity index (χ0) is 14.9. The molecule has 2 heteroatoms. The second-order valence-electron chi connectivity index (χ2n) is 7.46. The SMILES string of the molecule is CCCC1CCC(NCC)C(CN2CCCCCCC2)C1. The Hall–Kier alpha value is -0.0800. The van der Waals surface area contributed by atoms with Gasteiger partial charge in [0.05, 0.1) is 0 Å². The lowest BCUT2D eigenvalue weighted by atomic mass is 9.76. The topological polar surface area (TPSA) is 15.3 Å². The second-order valence-corrected chi connectivity index (χ2v) is 7.46. The highest BCUT2D eigenvalue weighted by Gasteiger charge is 2.30. The standard InChI is InChI=1S/C19H38N2/c1-3-10-17-11-12-19(20-4-2)18(15-17)16-21-13-8-6-5-7-9-14-21/h17-20H,3-16H2,1-2H3. The molecule has 0 radical (unpaired) electrons. The smallest absolute Gasteiger partial charge is 0.0108 e. The Balaban J connectivity index is 1.87. The first kappa shape index (κ1) is 17.3. The van der Waals surface area contributed by atoms with E-state index in [2.05, 4.69) is 24.1 Å². The quantitative estimate of drug-likeness (QED) is 0.778. The normalized spacial score (nSPS) is 32.6. The van der Waals surface area contributed by atoms with Crippen LogP contribution in [-0.4, -0.2) is 37.1 Å². The van der Waals surface area contributed by atoms with Crippen molar-refractivity contribution in [2.45, 2.75) is 84.1 Å². The summed E-state index contributed by atoms with van der Waals surface area (Å²) in [5, 5.41) is 3.79. The van der Waals surface area contributed by atoms with Gasteiger partial charge < -0.3 is 10.2 Å². The first-order valence-corrected chi connectivity index (χ1v) is 9.79. The Morgan fingerprint density at radius 3 is 2.33 bits per heavy atom. The van der Waals surface area contributed by atoms with Gasteiger partial charge in [0.2, 0.25) is 0 Å². The third-order valence-corrected chi connectivity index (χ3v) is 5.70. The Kier molecular flexibility index (Phi) is 8.10. The first-order chi connectivity index (χ1) is 10.3. The number of nitrogens with zero attached hydrogens (tertiary/aromatic N) is 1. The van der Waals surface area contributed by atoms with Crippen LogP contribution in [0.2, 0.25) is 0 Å². The summed E-state index contributed by atoms with van der Waals surface area (Å²) < 4.78 is 0. The van der Waals surface area contributed by atoms with Crippen molar-refractivity contribution in [3.05, 3.63) is 0 Å². The summed E-state index contributed by atoms with van der Waals surface area (Å²) >= 11 is 0. The van der Waals surface area contributed by atoms with E-state index in [0.29, 0.717) is 0 Å². The van der Waals surface area contributed by atoms with Gasteiger partial charge in [0.1, 0.15) is 0 Å². The summed E-state index contributed by atoms with van der Waals surface area (Å²) in [5.41, 5.74) is 0. The summed E-state index contributed by atoms with van der Waals surface area (Å²) in [6, 6.07) is 0.786. The third kappa shape index (κ3) is 5.90. The maximum atomic E-state index is 3.79. The average molecular weight is 295 g/mol. The Morgan fingerprint density at radius 2 is 1.67 bits per heavy atom. The van der Waals surface area contributed by atoms with E-state index in [4.69, 9.17) is 0 Å². The molecule has 2 fully saturated rings. The second kappa shape index (κ2) is 9.84. The van der Waals surface area contributed by atoms with Crippen LogP contribution in [0.25, 0.3) is 0 Å². The van der Waals surface area contributed by atoms with Crippen molar-refractivity contribution in [3.8, 4) is 0 Å². The molecule has 0 amide bonds. The van der Waals surface area contributed by atoms with E-state index in [1.807, 2.05) is 0 Å². The van der Waals surface area contributed by atoms with Gasteiger partial charge in [0.15, 0.2) is 0 Å². The summed E-state index contributed by atoms with van der Waals surface area (Å²) in [6.45, 7) is 9.83. The highest BCUT2D eigenvalue weighted by Crippen LogP contribution is 2.33. The molecule has 0 aromatic rings. The summed E-state index contributed by atoms with van der Waals surface area (Å²) in [6.07, 6.45) is 14.4. The third-order valence-electron chi connectivity index (χ3n) is 5.70. The van der Waals surface area contributed by atoms with Gasteiger partial charge in [0.25, 0.3) is 0 Å². The van der Waals surface area contributed by atoms with Crippen molar-refractivity contribution in [2.24, 2.45) is 11.8 Å². The summed E-state index contributed by atoms with van der Waals surface area (Å²) in [4.78, 5) is 2.79. The van der Waals surface area contributed by atoms with E-state index in [1.165, 1.54) is 83.8 Å². The fourth-order valence-electron chi connectivity index (χ4n) is 4.59. The first-order valence-electron chi connectivity index (χ1n) is 9.79. The highest BCUT2D eigenvalue weighted by molar-refractivity contribution is 4.86. The molecule has 2 nitrogen and oxygen atoms in total. The van der Waals surface area contributed by atoms with Crippen molar-refractivity contribution in [1.82, 2.24) is 10.2 Å². The minimum absolute atomic E-state index is 0.786. The van der Waals surface area contributed by atoms with E-state index in [9.17, 15) is 0 Å². The van der Waals surface area contributed by atoms with Crippen molar-refractivity contribution in [2.75, 3.05) is 26.2 Å². The van der Waals surface area contributed by atoms with E-state index in [0.717, 1.165) is 24.4 Å². The zero-order valence-corrected chi connectivity index (χ0v) is 14.6. The molecule has 1 heterocycles. The molecule has 0 spiro atoms. The molecule has 21 heavy (non-hydrogen) atoms. The number of hydrogen-bond donors (Lipinski definition) is 1. The van der Waals surface area contributed by atoms with Gasteiger partial charge >= 0.3 is 0 Å². The molecule has 3 atom stereocenters. The average Bonchev–Trinajstić information content (AvgIpc) is 2.45. The number of likely N-dealkylation sites (tertiary alicyclic amines) is 1. The fraction of sp³-hybridized carbons (Fsp3) is 1.00. The molecule has 0 aromatic heterocycles. The minimum Gasteiger partial charge on any atom is -0.314 e. The molecular weight excluding hydrogens is 256 g/mol. The van der Waals surface area contributed by atoms with Crippen LogP contribution in [0.15, 0.2) is 0 Å². The van der Waals surface area contributed by atoms with Crippen LogP contribution in [0.5, 0.6) is 0 Å². The van der Waals surface area contributed by atoms with Crippen LogP contribution >= 0.6 is 0 Å². The Bertz CT molecular complexity index is 258. The predicted octanol–water partition coefficient (Wildman–Crippen LogP) is 4.45. The molecule has 3 unspecified atom stereocenters. The fourth-order valence-corrected chi connectivity index (χ4v) is 4.59. The zero-order valence-electron chi connectivity index (χ0n) is 14.6. The molecule has 1 saturated carbocycles. The monoisotopic (exact) mass is 294 g/mol. The molecule has 124 valence electrons. The van der Waals surface area contributed by atoms with Crippen molar-refractivity contribution >= 4 is 0 Å². The van der Waals surface area contributed by atoms with E-state index >= 15 is 0 Å². The molecule has 1 N–H and O–H groups in total. The number of hydrogen-bond acceptors (Lipinski definition) is 2. The Morgan fingerprint density at radius 1 is 0.952 bits per heavy atom. The lowest BCUT2D eigenvalue weighted by Crippen LogP contribution is -2.46. The largest absolute Gasteiger partial charge is 0.314 e. The number of nitrogens with one attached hydrogen (secondary N) is 1. The lowest BCUT2D eigenvalue weighted by molar-refractivity contribution is 0.130. The van der Waals surface area contributed by atoms with Crippen LogP contribution in [-0.2, 0) is 0 Å². The van der Waals surface area contributed by atoms with Crippen molar-refractivity contribution in [1.29, 1.82) is 0 Å². The summed E-state index contributed by atoms with van der Waals surface area (Å²) in [5.74, 6) is 1.90. The van der Waals surface area contributed by atoms with Crippen LogP contribution in [0, 0.1) is 11.8 Å². The van der Waals surface area contributed by atoms with E-state index < -0.39 is 0 Å². The van der Waals surface area contributed by atoms with Gasteiger partial charge in [0, 0.05) is 12.6 Å². The number of rotatable bonds is 6. The van der Waals surface area contributed by atoms with Gasteiger partial charge in [-0.15, -0.1) is 0 Å². The molecular formula is C19H38N2. The maximum Gasteiger partial charge on any atom is 0.0108 e. The highest BCUT2D eigenvalue weighted by atomic mass is 15.1. The molecule has 2 aliphatic rings. The van der Waals surface area contributed by atoms with Gasteiger partial charge in [-0.05, 0) is 63.6 Å². The molecule has 2 rings (SSSR count). The summed E-state index contributed by atoms with van der Waals surface area (Å²) in [7, 11) is 0. The molecule has 1 aliphatic carbocycles.